The number of carbonyl (C=O) groups is 2. The fourth-order valence-corrected chi connectivity index (χ4v) is 3.92. The summed E-state index contributed by atoms with van der Waals surface area (Å²) in [6.45, 7) is 5.95. The Morgan fingerprint density at radius 1 is 1.19 bits per heavy atom. The van der Waals surface area contributed by atoms with Gasteiger partial charge in [-0.25, -0.2) is 5.01 Å². The number of nitrogens with zero attached hydrogens (tertiary/aromatic N) is 3. The SMILES string of the molecule is COc1cccc(C2=NN(C(=O)CN(C)C(=O)CC(C)(C)C)[C@@H](c3ccccc3Cl)C2)c1. The summed E-state index contributed by atoms with van der Waals surface area (Å²) in [4.78, 5) is 27.3. The molecule has 0 spiro atoms. The van der Waals surface area contributed by atoms with Crippen molar-refractivity contribution in [3.05, 3.63) is 64.7 Å². The largest absolute Gasteiger partial charge is 0.497 e. The van der Waals surface area contributed by atoms with E-state index in [0.29, 0.717) is 17.9 Å². The molecule has 0 aliphatic carbocycles. The molecule has 1 heterocycles. The van der Waals surface area contributed by atoms with Gasteiger partial charge in [0.05, 0.1) is 18.9 Å². The molecule has 7 heteroatoms. The second-order valence-corrected chi connectivity index (χ2v) is 9.65. The number of carbonyl (C=O) groups excluding carboxylic acids is 2. The first-order valence-corrected chi connectivity index (χ1v) is 11.0. The lowest BCUT2D eigenvalue weighted by Gasteiger charge is -2.27. The van der Waals surface area contributed by atoms with Crippen LogP contribution < -0.4 is 4.74 Å². The van der Waals surface area contributed by atoms with Gasteiger partial charge in [-0.1, -0.05) is 62.7 Å². The summed E-state index contributed by atoms with van der Waals surface area (Å²) < 4.78 is 5.34. The van der Waals surface area contributed by atoms with Gasteiger partial charge in [-0.05, 0) is 29.2 Å². The molecule has 0 radical (unpaired) electrons. The lowest BCUT2D eigenvalue weighted by atomic mass is 9.92. The minimum Gasteiger partial charge on any atom is -0.497 e. The summed E-state index contributed by atoms with van der Waals surface area (Å²) in [6.07, 6.45) is 0.880. The molecule has 0 N–H and O–H groups in total. The highest BCUT2D eigenvalue weighted by molar-refractivity contribution is 6.31. The van der Waals surface area contributed by atoms with E-state index in [9.17, 15) is 9.59 Å². The number of rotatable bonds is 6. The van der Waals surface area contributed by atoms with Crippen molar-refractivity contribution < 1.29 is 14.3 Å². The van der Waals surface area contributed by atoms with Crippen molar-refractivity contribution in [1.82, 2.24) is 9.91 Å². The molecule has 170 valence electrons. The number of halogens is 1. The molecule has 2 aromatic rings. The molecular formula is C25H30ClN3O3. The average Bonchev–Trinajstić information content (AvgIpc) is 3.18. The van der Waals surface area contributed by atoms with Crippen LogP contribution >= 0.6 is 11.6 Å². The molecule has 1 atom stereocenters. The maximum absolute atomic E-state index is 13.3. The van der Waals surface area contributed by atoms with E-state index in [-0.39, 0.29) is 29.8 Å². The molecule has 0 bridgehead atoms. The van der Waals surface area contributed by atoms with Crippen LogP contribution in [0.15, 0.2) is 53.6 Å². The van der Waals surface area contributed by atoms with Crippen molar-refractivity contribution in [2.24, 2.45) is 10.5 Å². The van der Waals surface area contributed by atoms with E-state index in [1.54, 1.807) is 14.2 Å². The van der Waals surface area contributed by atoms with Crippen LogP contribution in [0.4, 0.5) is 0 Å². The van der Waals surface area contributed by atoms with Crippen molar-refractivity contribution >= 4 is 29.1 Å². The second kappa shape index (κ2) is 9.74. The summed E-state index contributed by atoms with van der Waals surface area (Å²) in [6, 6.07) is 14.7. The first-order valence-electron chi connectivity index (χ1n) is 10.6. The van der Waals surface area contributed by atoms with Gasteiger partial charge in [0.1, 0.15) is 12.3 Å². The summed E-state index contributed by atoms with van der Waals surface area (Å²) in [5.41, 5.74) is 2.33. The third-order valence-corrected chi connectivity index (χ3v) is 5.66. The Labute approximate surface area is 194 Å². The molecular weight excluding hydrogens is 426 g/mol. The van der Waals surface area contributed by atoms with Gasteiger partial charge in [0.25, 0.3) is 5.91 Å². The number of hydrogen-bond donors (Lipinski definition) is 0. The number of ether oxygens (including phenoxy) is 1. The maximum Gasteiger partial charge on any atom is 0.262 e. The van der Waals surface area contributed by atoms with Crippen molar-refractivity contribution in [1.29, 1.82) is 0 Å². The topological polar surface area (TPSA) is 62.2 Å². The van der Waals surface area contributed by atoms with E-state index in [2.05, 4.69) is 5.10 Å². The minimum absolute atomic E-state index is 0.0508. The van der Waals surface area contributed by atoms with Crippen LogP contribution in [0.3, 0.4) is 0 Å². The Morgan fingerprint density at radius 2 is 1.91 bits per heavy atom. The summed E-state index contributed by atoms with van der Waals surface area (Å²) in [5, 5.41) is 6.72. The zero-order valence-electron chi connectivity index (χ0n) is 19.3. The Morgan fingerprint density at radius 3 is 2.56 bits per heavy atom. The normalized spacial score (nSPS) is 16.0. The third kappa shape index (κ3) is 5.68. The summed E-state index contributed by atoms with van der Waals surface area (Å²) >= 11 is 6.47. The van der Waals surface area contributed by atoms with E-state index >= 15 is 0 Å². The average molecular weight is 456 g/mol. The van der Waals surface area contributed by atoms with Crippen LogP contribution in [0.1, 0.15) is 50.8 Å². The van der Waals surface area contributed by atoms with Crippen LogP contribution in [0, 0.1) is 5.41 Å². The Hall–Kier alpha value is -2.86. The van der Waals surface area contributed by atoms with Gasteiger partial charge < -0.3 is 9.64 Å². The Balaban J connectivity index is 1.89. The molecule has 0 aromatic heterocycles. The zero-order chi connectivity index (χ0) is 23.5. The van der Waals surface area contributed by atoms with Gasteiger partial charge in [0, 0.05) is 30.5 Å². The molecule has 32 heavy (non-hydrogen) atoms. The predicted octanol–water partition coefficient (Wildman–Crippen LogP) is 4.92. The second-order valence-electron chi connectivity index (χ2n) is 9.25. The monoisotopic (exact) mass is 455 g/mol. The summed E-state index contributed by atoms with van der Waals surface area (Å²) in [7, 11) is 3.27. The molecule has 3 rings (SSSR count). The Kier molecular flexibility index (Phi) is 7.24. The van der Waals surface area contributed by atoms with Crippen molar-refractivity contribution in [2.45, 2.75) is 39.7 Å². The molecule has 6 nitrogen and oxygen atoms in total. The first-order chi connectivity index (χ1) is 15.1. The molecule has 2 aromatic carbocycles. The highest BCUT2D eigenvalue weighted by Crippen LogP contribution is 2.36. The van der Waals surface area contributed by atoms with Crippen LogP contribution in [-0.2, 0) is 9.59 Å². The van der Waals surface area contributed by atoms with E-state index in [4.69, 9.17) is 16.3 Å². The first kappa shape index (κ1) is 23.8. The molecule has 1 aliphatic heterocycles. The van der Waals surface area contributed by atoms with Gasteiger partial charge in [0.2, 0.25) is 5.91 Å². The lowest BCUT2D eigenvalue weighted by Crippen LogP contribution is -2.40. The van der Waals surface area contributed by atoms with Gasteiger partial charge in [-0.15, -0.1) is 0 Å². The number of methoxy groups -OCH3 is 1. The number of amides is 2. The van der Waals surface area contributed by atoms with Gasteiger partial charge in [-0.2, -0.15) is 5.10 Å². The molecule has 1 aliphatic rings. The molecule has 0 saturated heterocycles. The minimum atomic E-state index is -0.344. The smallest absolute Gasteiger partial charge is 0.262 e. The van der Waals surface area contributed by atoms with Crippen LogP contribution in [0.5, 0.6) is 5.75 Å². The van der Waals surface area contributed by atoms with E-state index < -0.39 is 0 Å². The third-order valence-electron chi connectivity index (χ3n) is 5.31. The predicted molar refractivity (Wildman–Crippen MR) is 127 cm³/mol. The van der Waals surface area contributed by atoms with Gasteiger partial charge in [-0.3, -0.25) is 9.59 Å². The number of hydrogen-bond acceptors (Lipinski definition) is 4. The highest BCUT2D eigenvalue weighted by Gasteiger charge is 2.35. The van der Waals surface area contributed by atoms with E-state index in [0.717, 1.165) is 22.6 Å². The number of benzene rings is 2. The molecule has 2 amide bonds. The maximum atomic E-state index is 13.3. The number of likely N-dealkylation sites (N-methyl/N-ethyl adjacent to an activating group) is 1. The Bertz CT molecular complexity index is 1030. The van der Waals surface area contributed by atoms with E-state index in [1.165, 1.54) is 9.91 Å². The van der Waals surface area contributed by atoms with Crippen molar-refractivity contribution in [2.75, 3.05) is 20.7 Å². The zero-order valence-corrected chi connectivity index (χ0v) is 20.0. The number of hydrazone groups is 1. The fraction of sp³-hybridized carbons (Fsp3) is 0.400. The molecule has 0 saturated carbocycles. The van der Waals surface area contributed by atoms with Crippen molar-refractivity contribution in [3.63, 3.8) is 0 Å². The van der Waals surface area contributed by atoms with Crippen LogP contribution in [0.2, 0.25) is 5.02 Å². The van der Waals surface area contributed by atoms with Crippen LogP contribution in [0.25, 0.3) is 0 Å². The highest BCUT2D eigenvalue weighted by atomic mass is 35.5. The molecule has 0 fully saturated rings. The molecule has 0 unspecified atom stereocenters. The van der Waals surface area contributed by atoms with Crippen molar-refractivity contribution in [3.8, 4) is 5.75 Å². The summed E-state index contributed by atoms with van der Waals surface area (Å²) in [5.74, 6) is 0.394. The van der Waals surface area contributed by atoms with Crippen LogP contribution in [-0.4, -0.2) is 48.1 Å². The quantitative estimate of drug-likeness (QED) is 0.621. The van der Waals surface area contributed by atoms with Gasteiger partial charge in [0.15, 0.2) is 0 Å². The van der Waals surface area contributed by atoms with E-state index in [1.807, 2.05) is 69.3 Å². The standard InChI is InChI=1S/C25H30ClN3O3/c1-25(2,3)15-23(30)28(4)16-24(31)29-22(19-11-6-7-12-20(19)26)14-21(27-29)17-9-8-10-18(13-17)32-5/h6-13,22H,14-16H2,1-5H3/t22-/m1/s1. The fourth-order valence-electron chi connectivity index (χ4n) is 3.66. The lowest BCUT2D eigenvalue weighted by molar-refractivity contribution is -0.141. The van der Waals surface area contributed by atoms with Gasteiger partial charge >= 0.3 is 0 Å².